The number of carbonyl (C=O) groups is 2. The zero-order chi connectivity index (χ0) is 18.0. The maximum atomic E-state index is 12.6. The molecule has 2 aromatic rings. The van der Waals surface area contributed by atoms with Crippen LogP contribution in [0.2, 0.25) is 0 Å². The lowest BCUT2D eigenvalue weighted by atomic mass is 10.2. The smallest absolute Gasteiger partial charge is 0.257 e. The summed E-state index contributed by atoms with van der Waals surface area (Å²) in [7, 11) is 3.81. The Morgan fingerprint density at radius 3 is 2.16 bits per heavy atom. The molecule has 0 radical (unpaired) electrons. The molecule has 7 heteroatoms. The lowest BCUT2D eigenvalue weighted by molar-refractivity contribution is 0.0534. The minimum absolute atomic E-state index is 0.0460. The number of aryl methyl sites for hydroxylation is 1. The highest BCUT2D eigenvalue weighted by atomic mass is 16.3. The van der Waals surface area contributed by atoms with Gasteiger partial charge in [-0.2, -0.15) is 0 Å². The topological polar surface area (TPSA) is 69.9 Å². The molecule has 0 saturated carbocycles. The fourth-order valence-corrected chi connectivity index (χ4v) is 2.85. The quantitative estimate of drug-likeness (QED) is 0.848. The number of hydrogen-bond acceptors (Lipinski definition) is 5. The van der Waals surface area contributed by atoms with Crippen LogP contribution in [0.25, 0.3) is 0 Å². The molecule has 0 spiro atoms. The number of pyridine rings is 1. The van der Waals surface area contributed by atoms with Gasteiger partial charge in [-0.3, -0.25) is 9.59 Å². The number of hydrogen-bond donors (Lipinski definition) is 0. The van der Waals surface area contributed by atoms with E-state index in [1.165, 1.54) is 6.26 Å². The van der Waals surface area contributed by atoms with Crippen molar-refractivity contribution in [3.8, 4) is 0 Å². The molecule has 1 saturated heterocycles. The minimum atomic E-state index is -0.0515. The van der Waals surface area contributed by atoms with Gasteiger partial charge in [0.25, 0.3) is 11.8 Å². The molecule has 0 unspecified atom stereocenters. The number of carbonyl (C=O) groups excluding carboxylic acids is 2. The van der Waals surface area contributed by atoms with Crippen molar-refractivity contribution in [3.05, 3.63) is 47.5 Å². The monoisotopic (exact) mass is 342 g/mol. The Morgan fingerprint density at radius 1 is 1.04 bits per heavy atom. The van der Waals surface area contributed by atoms with Crippen LogP contribution in [0.15, 0.2) is 35.1 Å². The van der Waals surface area contributed by atoms with Crippen LogP contribution >= 0.6 is 0 Å². The van der Waals surface area contributed by atoms with Crippen molar-refractivity contribution in [2.24, 2.45) is 0 Å². The summed E-state index contributed by atoms with van der Waals surface area (Å²) in [5, 5.41) is 0. The number of rotatable bonds is 3. The summed E-state index contributed by atoms with van der Waals surface area (Å²) in [4.78, 5) is 34.8. The van der Waals surface area contributed by atoms with Gasteiger partial charge in [-0.1, -0.05) is 0 Å². The Bertz CT molecular complexity index is 759. The third-order valence-electron chi connectivity index (χ3n) is 4.40. The Balaban J connectivity index is 1.61. The molecule has 1 aliphatic heterocycles. The van der Waals surface area contributed by atoms with E-state index in [2.05, 4.69) is 4.98 Å². The van der Waals surface area contributed by atoms with Gasteiger partial charge in [-0.15, -0.1) is 0 Å². The molecule has 2 aromatic heterocycles. The standard InChI is InChI=1S/C18H22N4O3/c1-13-15(6-11-25-13)18(24)22-9-7-21(8-10-22)17(23)14-4-5-16(19-12-14)20(2)3/h4-6,11-12H,7-10H2,1-3H3. The van der Waals surface area contributed by atoms with Crippen molar-refractivity contribution in [1.29, 1.82) is 0 Å². The maximum Gasteiger partial charge on any atom is 0.257 e. The zero-order valence-electron chi connectivity index (χ0n) is 14.7. The van der Waals surface area contributed by atoms with Gasteiger partial charge < -0.3 is 19.1 Å². The van der Waals surface area contributed by atoms with Gasteiger partial charge in [-0.25, -0.2) is 4.98 Å². The van der Waals surface area contributed by atoms with E-state index in [0.29, 0.717) is 43.1 Å². The van der Waals surface area contributed by atoms with Gasteiger partial charge in [0.1, 0.15) is 11.6 Å². The molecule has 1 aliphatic rings. The summed E-state index contributed by atoms with van der Waals surface area (Å²) in [5.74, 6) is 1.33. The summed E-state index contributed by atoms with van der Waals surface area (Å²) < 4.78 is 5.20. The Kier molecular flexibility index (Phi) is 4.74. The molecule has 3 rings (SSSR count). The number of anilines is 1. The van der Waals surface area contributed by atoms with E-state index >= 15 is 0 Å². The fraction of sp³-hybridized carbons (Fsp3) is 0.389. The van der Waals surface area contributed by atoms with Crippen molar-refractivity contribution in [2.75, 3.05) is 45.2 Å². The van der Waals surface area contributed by atoms with Crippen LogP contribution in [-0.4, -0.2) is 66.9 Å². The van der Waals surface area contributed by atoms with Crippen LogP contribution in [0.1, 0.15) is 26.5 Å². The second-order valence-electron chi connectivity index (χ2n) is 6.27. The van der Waals surface area contributed by atoms with Crippen molar-refractivity contribution in [3.63, 3.8) is 0 Å². The number of amides is 2. The molecular weight excluding hydrogens is 320 g/mol. The lowest BCUT2D eigenvalue weighted by Crippen LogP contribution is -2.50. The van der Waals surface area contributed by atoms with Gasteiger partial charge in [0.2, 0.25) is 0 Å². The molecule has 7 nitrogen and oxygen atoms in total. The molecule has 132 valence electrons. The first-order chi connectivity index (χ1) is 12.0. The summed E-state index contributed by atoms with van der Waals surface area (Å²) in [6, 6.07) is 5.30. The average molecular weight is 342 g/mol. The van der Waals surface area contributed by atoms with Crippen LogP contribution in [0, 0.1) is 6.92 Å². The number of furan rings is 1. The molecule has 3 heterocycles. The first kappa shape index (κ1) is 17.0. The number of nitrogens with zero attached hydrogens (tertiary/aromatic N) is 4. The SMILES string of the molecule is Cc1occc1C(=O)N1CCN(C(=O)c2ccc(N(C)C)nc2)CC1. The van der Waals surface area contributed by atoms with Crippen LogP contribution in [-0.2, 0) is 0 Å². The van der Waals surface area contributed by atoms with E-state index in [9.17, 15) is 9.59 Å². The predicted octanol–water partition coefficient (Wildman–Crippen LogP) is 1.65. The molecule has 0 aromatic carbocycles. The van der Waals surface area contributed by atoms with Crippen molar-refractivity contribution >= 4 is 17.6 Å². The van der Waals surface area contributed by atoms with E-state index in [1.807, 2.05) is 25.1 Å². The molecule has 1 fully saturated rings. The molecule has 0 aliphatic carbocycles. The number of aromatic nitrogens is 1. The summed E-state index contributed by atoms with van der Waals surface area (Å²) in [6.45, 7) is 3.82. The summed E-state index contributed by atoms with van der Waals surface area (Å²) in [6.07, 6.45) is 3.12. The lowest BCUT2D eigenvalue weighted by Gasteiger charge is -2.34. The molecule has 2 amide bonds. The summed E-state index contributed by atoms with van der Waals surface area (Å²) >= 11 is 0. The van der Waals surface area contributed by atoms with Gasteiger partial charge in [-0.05, 0) is 25.1 Å². The van der Waals surface area contributed by atoms with Gasteiger partial charge >= 0.3 is 0 Å². The van der Waals surface area contributed by atoms with Crippen LogP contribution in [0.4, 0.5) is 5.82 Å². The van der Waals surface area contributed by atoms with Crippen molar-refractivity contribution in [2.45, 2.75) is 6.92 Å². The third kappa shape index (κ3) is 3.50. The summed E-state index contributed by atoms with van der Waals surface area (Å²) in [5.41, 5.74) is 1.15. The molecule has 0 atom stereocenters. The van der Waals surface area contributed by atoms with E-state index < -0.39 is 0 Å². The first-order valence-electron chi connectivity index (χ1n) is 8.23. The minimum Gasteiger partial charge on any atom is -0.469 e. The first-order valence-corrected chi connectivity index (χ1v) is 8.23. The van der Waals surface area contributed by atoms with E-state index in [4.69, 9.17) is 4.42 Å². The van der Waals surface area contributed by atoms with E-state index in [1.54, 1.807) is 35.1 Å². The second-order valence-corrected chi connectivity index (χ2v) is 6.27. The van der Waals surface area contributed by atoms with Gasteiger partial charge in [0.15, 0.2) is 0 Å². The van der Waals surface area contributed by atoms with Crippen molar-refractivity contribution < 1.29 is 14.0 Å². The molecule has 25 heavy (non-hydrogen) atoms. The molecule has 0 bridgehead atoms. The van der Waals surface area contributed by atoms with Crippen molar-refractivity contribution in [1.82, 2.24) is 14.8 Å². The van der Waals surface area contributed by atoms with E-state index in [-0.39, 0.29) is 11.8 Å². The Labute approximate surface area is 146 Å². The van der Waals surface area contributed by atoms with Crippen LogP contribution in [0.5, 0.6) is 0 Å². The highest BCUT2D eigenvalue weighted by Crippen LogP contribution is 2.16. The maximum absolute atomic E-state index is 12.6. The second kappa shape index (κ2) is 6.96. The van der Waals surface area contributed by atoms with E-state index in [0.717, 1.165) is 5.82 Å². The Morgan fingerprint density at radius 2 is 1.68 bits per heavy atom. The highest BCUT2D eigenvalue weighted by molar-refractivity contribution is 5.96. The predicted molar refractivity (Wildman–Crippen MR) is 93.8 cm³/mol. The third-order valence-corrected chi connectivity index (χ3v) is 4.40. The largest absolute Gasteiger partial charge is 0.469 e. The average Bonchev–Trinajstić information content (AvgIpc) is 3.06. The van der Waals surface area contributed by atoms with Crippen LogP contribution < -0.4 is 4.90 Å². The van der Waals surface area contributed by atoms with Gasteiger partial charge in [0.05, 0.1) is 17.4 Å². The normalized spacial score (nSPS) is 14.5. The zero-order valence-corrected chi connectivity index (χ0v) is 14.7. The molecular formula is C18H22N4O3. The fourth-order valence-electron chi connectivity index (χ4n) is 2.85. The highest BCUT2D eigenvalue weighted by Gasteiger charge is 2.27. The number of piperazine rings is 1. The van der Waals surface area contributed by atoms with Gasteiger partial charge in [0, 0.05) is 46.5 Å². The molecule has 0 N–H and O–H groups in total. The Hall–Kier alpha value is -2.83. The van der Waals surface area contributed by atoms with Crippen LogP contribution in [0.3, 0.4) is 0 Å².